The molecule has 0 bridgehead atoms. The lowest BCUT2D eigenvalue weighted by Gasteiger charge is -2.31. The Kier molecular flexibility index (Phi) is 2.59. The van der Waals surface area contributed by atoms with Crippen molar-refractivity contribution in [1.29, 1.82) is 0 Å². The fourth-order valence-electron chi connectivity index (χ4n) is 2.33. The van der Waals surface area contributed by atoms with E-state index in [-0.39, 0.29) is 11.6 Å². The third-order valence-corrected chi connectivity index (χ3v) is 3.19. The molecule has 0 saturated carbocycles. The first kappa shape index (κ1) is 11.5. The molecule has 0 saturated heterocycles. The summed E-state index contributed by atoms with van der Waals surface area (Å²) in [6.45, 7) is 0.301. The lowest BCUT2D eigenvalue weighted by atomic mass is 9.99. The van der Waals surface area contributed by atoms with Gasteiger partial charge in [0.05, 0.1) is 18.8 Å². The second-order valence-corrected chi connectivity index (χ2v) is 4.25. The van der Waals surface area contributed by atoms with Gasteiger partial charge in [-0.1, -0.05) is 0 Å². The van der Waals surface area contributed by atoms with Crippen molar-refractivity contribution in [2.45, 2.75) is 12.5 Å². The van der Waals surface area contributed by atoms with Crippen molar-refractivity contribution >= 4 is 11.9 Å². The van der Waals surface area contributed by atoms with E-state index in [0.29, 0.717) is 24.3 Å². The zero-order chi connectivity index (χ0) is 13.4. The fraction of sp³-hybridized carbons (Fsp3) is 0.250. The van der Waals surface area contributed by atoms with Crippen LogP contribution in [-0.2, 0) is 11.2 Å². The van der Waals surface area contributed by atoms with Crippen LogP contribution in [-0.4, -0.2) is 38.4 Å². The average molecular weight is 261 g/mol. The van der Waals surface area contributed by atoms with Crippen molar-refractivity contribution in [3.05, 3.63) is 41.9 Å². The van der Waals surface area contributed by atoms with Crippen LogP contribution < -0.4 is 0 Å². The first-order valence-electron chi connectivity index (χ1n) is 5.77. The van der Waals surface area contributed by atoms with E-state index in [1.807, 2.05) is 0 Å². The van der Waals surface area contributed by atoms with Crippen LogP contribution in [0, 0.1) is 0 Å². The summed E-state index contributed by atoms with van der Waals surface area (Å²) in [5.74, 6) is -0.826. The average Bonchev–Trinajstić information content (AvgIpc) is 3.06. The van der Waals surface area contributed by atoms with Gasteiger partial charge >= 0.3 is 5.97 Å². The number of furan rings is 1. The lowest BCUT2D eigenvalue weighted by Crippen LogP contribution is -2.43. The van der Waals surface area contributed by atoms with Crippen molar-refractivity contribution in [2.24, 2.45) is 0 Å². The molecule has 0 spiro atoms. The second kappa shape index (κ2) is 4.27. The molecule has 3 rings (SSSR count). The number of hydrogen-bond donors (Lipinski definition) is 2. The van der Waals surface area contributed by atoms with Crippen LogP contribution in [0.15, 0.2) is 29.3 Å². The minimum Gasteiger partial charge on any atom is -0.479 e. The number of amides is 1. The number of carbonyl (C=O) groups is 2. The van der Waals surface area contributed by atoms with Crippen LogP contribution in [0.3, 0.4) is 0 Å². The summed E-state index contributed by atoms with van der Waals surface area (Å²) in [5, 5.41) is 9.36. The van der Waals surface area contributed by atoms with Gasteiger partial charge in [0.25, 0.3) is 5.91 Å². The molecule has 2 aromatic heterocycles. The van der Waals surface area contributed by atoms with Crippen molar-refractivity contribution < 1.29 is 19.1 Å². The summed E-state index contributed by atoms with van der Waals surface area (Å²) < 4.78 is 5.23. The monoisotopic (exact) mass is 261 g/mol. The Labute approximate surface area is 107 Å². The summed E-state index contributed by atoms with van der Waals surface area (Å²) in [7, 11) is 0. The van der Waals surface area contributed by atoms with E-state index in [1.165, 1.54) is 23.7 Å². The molecular formula is C12H11N3O4. The first-order chi connectivity index (χ1) is 9.18. The Balaban J connectivity index is 1.98. The molecule has 19 heavy (non-hydrogen) atoms. The molecule has 7 nitrogen and oxygen atoms in total. The van der Waals surface area contributed by atoms with Gasteiger partial charge in [-0.15, -0.1) is 0 Å². The van der Waals surface area contributed by atoms with Crippen molar-refractivity contribution in [3.63, 3.8) is 0 Å². The Morgan fingerprint density at radius 3 is 3.05 bits per heavy atom. The number of imidazole rings is 1. The van der Waals surface area contributed by atoms with Gasteiger partial charge in [-0.05, 0) is 6.07 Å². The molecule has 3 heterocycles. The standard InChI is InChI=1S/C12H11N3O4/c16-11(8-5-13-6-14-8)15-3-1-9-7(2-4-19-9)10(15)12(17)18/h2,4-6,10H,1,3H2,(H,13,14)(H,17,18). The Morgan fingerprint density at radius 1 is 1.53 bits per heavy atom. The summed E-state index contributed by atoms with van der Waals surface area (Å²) in [6, 6.07) is 0.582. The van der Waals surface area contributed by atoms with Crippen molar-refractivity contribution in [2.75, 3.05) is 6.54 Å². The predicted octanol–water partition coefficient (Wildman–Crippen LogP) is 0.827. The van der Waals surface area contributed by atoms with E-state index in [9.17, 15) is 14.7 Å². The summed E-state index contributed by atoms with van der Waals surface area (Å²) in [4.78, 5) is 31.5. The molecule has 1 atom stereocenters. The number of aromatic amines is 1. The van der Waals surface area contributed by atoms with Gasteiger partial charge in [0.2, 0.25) is 0 Å². The van der Waals surface area contributed by atoms with E-state index in [2.05, 4.69) is 9.97 Å². The normalized spacial score (nSPS) is 18.1. The molecule has 2 N–H and O–H groups in total. The fourth-order valence-corrected chi connectivity index (χ4v) is 2.33. The van der Waals surface area contributed by atoms with E-state index in [4.69, 9.17) is 4.42 Å². The number of rotatable bonds is 2. The number of fused-ring (bicyclic) bond motifs is 1. The van der Waals surface area contributed by atoms with Gasteiger partial charge in [-0.2, -0.15) is 0 Å². The van der Waals surface area contributed by atoms with Gasteiger partial charge < -0.3 is 19.4 Å². The molecule has 2 aromatic rings. The molecular weight excluding hydrogens is 250 g/mol. The zero-order valence-electron chi connectivity index (χ0n) is 9.87. The van der Waals surface area contributed by atoms with Crippen LogP contribution in [0.2, 0.25) is 0 Å². The lowest BCUT2D eigenvalue weighted by molar-refractivity contribution is -0.143. The molecule has 1 aliphatic heterocycles. The number of nitrogens with one attached hydrogen (secondary N) is 1. The van der Waals surface area contributed by atoms with E-state index in [0.717, 1.165) is 0 Å². The van der Waals surface area contributed by atoms with Crippen molar-refractivity contribution in [1.82, 2.24) is 14.9 Å². The Bertz CT molecular complexity index is 617. The predicted molar refractivity (Wildman–Crippen MR) is 62.4 cm³/mol. The molecule has 7 heteroatoms. The van der Waals surface area contributed by atoms with Crippen LogP contribution in [0.25, 0.3) is 0 Å². The third kappa shape index (κ3) is 1.79. The highest BCUT2D eigenvalue weighted by Crippen LogP contribution is 2.31. The number of H-pyrrole nitrogens is 1. The summed E-state index contributed by atoms with van der Waals surface area (Å²) in [5.41, 5.74) is 0.810. The molecule has 98 valence electrons. The van der Waals surface area contributed by atoms with Gasteiger partial charge in [0, 0.05) is 18.5 Å². The molecule has 1 amide bonds. The third-order valence-electron chi connectivity index (χ3n) is 3.19. The number of nitrogens with zero attached hydrogens (tertiary/aromatic N) is 2. The van der Waals surface area contributed by atoms with Crippen molar-refractivity contribution in [3.8, 4) is 0 Å². The number of aromatic nitrogens is 2. The quantitative estimate of drug-likeness (QED) is 0.834. The second-order valence-electron chi connectivity index (χ2n) is 4.25. The highest BCUT2D eigenvalue weighted by molar-refractivity contribution is 5.95. The van der Waals surface area contributed by atoms with Gasteiger partial charge in [0.15, 0.2) is 6.04 Å². The molecule has 1 aliphatic rings. The van der Waals surface area contributed by atoms with Gasteiger partial charge in [-0.3, -0.25) is 4.79 Å². The highest BCUT2D eigenvalue weighted by atomic mass is 16.4. The molecule has 0 aliphatic carbocycles. The molecule has 0 fully saturated rings. The van der Waals surface area contributed by atoms with E-state index >= 15 is 0 Å². The van der Waals surface area contributed by atoms with Crippen LogP contribution in [0.4, 0.5) is 0 Å². The minimum atomic E-state index is -1.07. The SMILES string of the molecule is O=C(O)C1c2ccoc2CCN1C(=O)c1cnc[nH]1. The number of hydrogen-bond acceptors (Lipinski definition) is 4. The molecule has 0 radical (unpaired) electrons. The summed E-state index contributed by atoms with van der Waals surface area (Å²) >= 11 is 0. The first-order valence-corrected chi connectivity index (χ1v) is 5.77. The van der Waals surface area contributed by atoms with Crippen LogP contribution >= 0.6 is 0 Å². The maximum Gasteiger partial charge on any atom is 0.331 e. The van der Waals surface area contributed by atoms with Gasteiger partial charge in [-0.25, -0.2) is 9.78 Å². The minimum absolute atomic E-state index is 0.276. The summed E-state index contributed by atoms with van der Waals surface area (Å²) in [6.07, 6.45) is 4.72. The largest absolute Gasteiger partial charge is 0.479 e. The highest BCUT2D eigenvalue weighted by Gasteiger charge is 2.38. The molecule has 0 aromatic carbocycles. The number of aliphatic carboxylic acids is 1. The Morgan fingerprint density at radius 2 is 2.37 bits per heavy atom. The molecule has 1 unspecified atom stereocenters. The smallest absolute Gasteiger partial charge is 0.331 e. The van der Waals surface area contributed by atoms with Gasteiger partial charge in [0.1, 0.15) is 11.5 Å². The topological polar surface area (TPSA) is 99.4 Å². The maximum absolute atomic E-state index is 12.3. The zero-order valence-corrected chi connectivity index (χ0v) is 9.87. The number of carboxylic acids is 1. The van der Waals surface area contributed by atoms with E-state index < -0.39 is 12.0 Å². The maximum atomic E-state index is 12.3. The van der Waals surface area contributed by atoms with Crippen LogP contribution in [0.5, 0.6) is 0 Å². The van der Waals surface area contributed by atoms with E-state index in [1.54, 1.807) is 6.07 Å². The number of carboxylic acid groups (broad SMARTS) is 1. The Hall–Kier alpha value is -2.57. The number of carbonyl (C=O) groups excluding carboxylic acids is 1. The van der Waals surface area contributed by atoms with Crippen LogP contribution in [0.1, 0.15) is 27.9 Å².